The predicted molar refractivity (Wildman–Crippen MR) is 85.1 cm³/mol. The number of aromatic nitrogens is 3. The molecule has 124 valence electrons. The average molecular weight is 336 g/mol. The molecule has 0 unspecified atom stereocenters. The maximum atomic E-state index is 12.1. The number of piperazine rings is 1. The summed E-state index contributed by atoms with van der Waals surface area (Å²) in [5.41, 5.74) is 2.95. The number of carbonyl (C=O) groups excluding carboxylic acids is 1. The van der Waals surface area contributed by atoms with Crippen LogP contribution in [-0.4, -0.2) is 63.7 Å². The van der Waals surface area contributed by atoms with Crippen LogP contribution in [0.2, 0.25) is 0 Å². The Bertz CT molecular complexity index is 621. The SMILES string of the molecule is Cc1noc(CCNC(=O)N2CCN(Cc3cscn3)CC2)n1. The minimum Gasteiger partial charge on any atom is -0.339 e. The first-order valence-electron chi connectivity index (χ1n) is 7.62. The smallest absolute Gasteiger partial charge is 0.317 e. The molecule has 23 heavy (non-hydrogen) atoms. The van der Waals surface area contributed by atoms with E-state index in [1.165, 1.54) is 0 Å². The van der Waals surface area contributed by atoms with Gasteiger partial charge in [0.1, 0.15) is 0 Å². The van der Waals surface area contributed by atoms with Gasteiger partial charge in [-0.15, -0.1) is 11.3 Å². The number of amides is 2. The van der Waals surface area contributed by atoms with Crippen molar-refractivity contribution in [2.75, 3.05) is 32.7 Å². The molecule has 0 radical (unpaired) electrons. The fourth-order valence-corrected chi connectivity index (χ4v) is 3.03. The molecule has 1 aliphatic rings. The summed E-state index contributed by atoms with van der Waals surface area (Å²) in [4.78, 5) is 24.7. The van der Waals surface area contributed by atoms with Gasteiger partial charge >= 0.3 is 6.03 Å². The molecule has 2 amide bonds. The highest BCUT2D eigenvalue weighted by Gasteiger charge is 2.21. The predicted octanol–water partition coefficient (Wildman–Crippen LogP) is 0.904. The Labute approximate surface area is 138 Å². The van der Waals surface area contributed by atoms with E-state index in [1.807, 2.05) is 10.4 Å². The molecule has 0 aromatic carbocycles. The Morgan fingerprint density at radius 2 is 2.22 bits per heavy atom. The van der Waals surface area contributed by atoms with Crippen molar-refractivity contribution in [2.45, 2.75) is 19.9 Å². The number of aryl methyl sites for hydroxylation is 1. The summed E-state index contributed by atoms with van der Waals surface area (Å²) in [6, 6.07) is -0.0328. The zero-order valence-corrected chi connectivity index (χ0v) is 13.9. The van der Waals surface area contributed by atoms with E-state index in [-0.39, 0.29) is 6.03 Å². The van der Waals surface area contributed by atoms with E-state index in [0.717, 1.165) is 38.4 Å². The minimum absolute atomic E-state index is 0.0328. The van der Waals surface area contributed by atoms with Crippen LogP contribution >= 0.6 is 11.3 Å². The molecule has 1 fully saturated rings. The lowest BCUT2D eigenvalue weighted by Crippen LogP contribution is -2.51. The first-order valence-corrected chi connectivity index (χ1v) is 8.56. The van der Waals surface area contributed by atoms with E-state index in [0.29, 0.717) is 24.7 Å². The molecule has 1 N–H and O–H groups in total. The molecule has 0 spiro atoms. The summed E-state index contributed by atoms with van der Waals surface area (Å²) < 4.78 is 5.02. The molecule has 1 saturated heterocycles. The third-order valence-electron chi connectivity index (χ3n) is 3.71. The lowest BCUT2D eigenvalue weighted by molar-refractivity contribution is 0.134. The van der Waals surface area contributed by atoms with Crippen LogP contribution in [0.15, 0.2) is 15.4 Å². The quantitative estimate of drug-likeness (QED) is 0.873. The number of hydrogen-bond donors (Lipinski definition) is 1. The Hall–Kier alpha value is -2.00. The maximum Gasteiger partial charge on any atom is 0.317 e. The largest absolute Gasteiger partial charge is 0.339 e. The number of thiazole rings is 1. The van der Waals surface area contributed by atoms with E-state index >= 15 is 0 Å². The van der Waals surface area contributed by atoms with E-state index in [1.54, 1.807) is 18.3 Å². The summed E-state index contributed by atoms with van der Waals surface area (Å²) in [5.74, 6) is 1.17. The zero-order valence-electron chi connectivity index (χ0n) is 13.1. The van der Waals surface area contributed by atoms with Gasteiger partial charge in [-0.3, -0.25) is 4.90 Å². The van der Waals surface area contributed by atoms with Gasteiger partial charge in [0, 0.05) is 51.1 Å². The molecule has 8 nitrogen and oxygen atoms in total. The topological polar surface area (TPSA) is 87.4 Å². The fraction of sp³-hybridized carbons (Fsp3) is 0.571. The number of urea groups is 1. The lowest BCUT2D eigenvalue weighted by atomic mass is 10.3. The molecule has 2 aromatic rings. The minimum atomic E-state index is -0.0328. The molecule has 0 bridgehead atoms. The van der Waals surface area contributed by atoms with Crippen molar-refractivity contribution in [2.24, 2.45) is 0 Å². The first kappa shape index (κ1) is 15.9. The second-order valence-corrected chi connectivity index (χ2v) is 6.18. The fourth-order valence-electron chi connectivity index (χ4n) is 2.48. The van der Waals surface area contributed by atoms with Gasteiger partial charge in [0.05, 0.1) is 11.2 Å². The molecule has 0 saturated carbocycles. The van der Waals surface area contributed by atoms with Crippen LogP contribution in [0.25, 0.3) is 0 Å². The van der Waals surface area contributed by atoms with Crippen molar-refractivity contribution in [3.8, 4) is 0 Å². The standard InChI is InChI=1S/C14H20N6O2S/c1-11-17-13(22-18-11)2-3-15-14(21)20-6-4-19(5-7-20)8-12-9-23-10-16-12/h9-10H,2-8H2,1H3,(H,15,21). The molecular weight excluding hydrogens is 316 g/mol. The van der Waals surface area contributed by atoms with Crippen molar-refractivity contribution in [1.82, 2.24) is 30.2 Å². The zero-order chi connectivity index (χ0) is 16.1. The van der Waals surface area contributed by atoms with E-state index in [2.05, 4.69) is 30.7 Å². The van der Waals surface area contributed by atoms with Crippen LogP contribution in [0, 0.1) is 6.92 Å². The molecule has 3 heterocycles. The summed E-state index contributed by atoms with van der Waals surface area (Å²) in [6.07, 6.45) is 0.552. The van der Waals surface area contributed by atoms with Crippen LogP contribution in [-0.2, 0) is 13.0 Å². The van der Waals surface area contributed by atoms with Crippen LogP contribution < -0.4 is 5.32 Å². The van der Waals surface area contributed by atoms with Gasteiger partial charge in [0.2, 0.25) is 5.89 Å². The molecule has 0 atom stereocenters. The van der Waals surface area contributed by atoms with Gasteiger partial charge in [-0.2, -0.15) is 4.98 Å². The lowest BCUT2D eigenvalue weighted by Gasteiger charge is -2.34. The van der Waals surface area contributed by atoms with Crippen molar-refractivity contribution >= 4 is 17.4 Å². The number of carbonyl (C=O) groups is 1. The van der Waals surface area contributed by atoms with Crippen molar-refractivity contribution in [1.29, 1.82) is 0 Å². The summed E-state index contributed by atoms with van der Waals surface area (Å²) >= 11 is 1.61. The Morgan fingerprint density at radius 1 is 1.39 bits per heavy atom. The molecular formula is C14H20N6O2S. The Morgan fingerprint density at radius 3 is 2.87 bits per heavy atom. The van der Waals surface area contributed by atoms with Crippen molar-refractivity contribution in [3.05, 3.63) is 28.3 Å². The monoisotopic (exact) mass is 336 g/mol. The molecule has 9 heteroatoms. The number of nitrogens with zero attached hydrogens (tertiary/aromatic N) is 5. The highest BCUT2D eigenvalue weighted by atomic mass is 32.1. The second kappa shape index (κ2) is 7.51. The Kier molecular flexibility index (Phi) is 5.19. The van der Waals surface area contributed by atoms with Crippen LogP contribution in [0.1, 0.15) is 17.4 Å². The van der Waals surface area contributed by atoms with Gasteiger partial charge in [-0.25, -0.2) is 9.78 Å². The highest BCUT2D eigenvalue weighted by Crippen LogP contribution is 2.09. The summed E-state index contributed by atoms with van der Waals surface area (Å²) in [7, 11) is 0. The van der Waals surface area contributed by atoms with Gasteiger partial charge in [-0.05, 0) is 6.92 Å². The van der Waals surface area contributed by atoms with Crippen molar-refractivity contribution in [3.63, 3.8) is 0 Å². The number of hydrogen-bond acceptors (Lipinski definition) is 7. The van der Waals surface area contributed by atoms with Crippen LogP contribution in [0.5, 0.6) is 0 Å². The third kappa shape index (κ3) is 4.49. The van der Waals surface area contributed by atoms with Gasteiger partial charge in [0.25, 0.3) is 0 Å². The number of rotatable bonds is 5. The first-order chi connectivity index (χ1) is 11.2. The molecule has 1 aliphatic heterocycles. The molecule has 3 rings (SSSR count). The van der Waals surface area contributed by atoms with E-state index < -0.39 is 0 Å². The number of nitrogens with one attached hydrogen (secondary N) is 1. The normalized spacial score (nSPS) is 15.8. The van der Waals surface area contributed by atoms with E-state index in [4.69, 9.17) is 4.52 Å². The molecule has 0 aliphatic carbocycles. The highest BCUT2D eigenvalue weighted by molar-refractivity contribution is 7.07. The van der Waals surface area contributed by atoms with Crippen LogP contribution in [0.4, 0.5) is 4.79 Å². The van der Waals surface area contributed by atoms with Gasteiger partial charge in [-0.1, -0.05) is 5.16 Å². The Balaban J connectivity index is 1.36. The van der Waals surface area contributed by atoms with E-state index in [9.17, 15) is 4.79 Å². The average Bonchev–Trinajstić information content (AvgIpc) is 3.20. The second-order valence-electron chi connectivity index (χ2n) is 5.46. The van der Waals surface area contributed by atoms with Gasteiger partial charge in [0.15, 0.2) is 5.82 Å². The molecule has 2 aromatic heterocycles. The summed E-state index contributed by atoms with van der Waals surface area (Å²) in [6.45, 7) is 6.33. The van der Waals surface area contributed by atoms with Crippen LogP contribution in [0.3, 0.4) is 0 Å². The van der Waals surface area contributed by atoms with Gasteiger partial charge < -0.3 is 14.7 Å². The van der Waals surface area contributed by atoms with Crippen molar-refractivity contribution < 1.29 is 9.32 Å². The third-order valence-corrected chi connectivity index (χ3v) is 4.35. The maximum absolute atomic E-state index is 12.1. The summed E-state index contributed by atoms with van der Waals surface area (Å²) in [5, 5.41) is 8.69.